The number of nitrogens with one attached hydrogen (secondary N) is 2. The Bertz CT molecular complexity index is 1420. The van der Waals surface area contributed by atoms with Crippen LogP contribution in [-0.4, -0.2) is 25.8 Å². The number of hydrogen-bond donors (Lipinski definition) is 2. The number of alkyl halides is 3. The highest BCUT2D eigenvalue weighted by Crippen LogP contribution is 2.36. The van der Waals surface area contributed by atoms with Gasteiger partial charge < -0.3 is 15.4 Å². The predicted octanol–water partition coefficient (Wildman–Crippen LogP) is 6.70. The fraction of sp³-hybridized carbons (Fsp3) is 0.167. The van der Waals surface area contributed by atoms with Crippen molar-refractivity contribution in [3.8, 4) is 17.4 Å². The van der Waals surface area contributed by atoms with E-state index in [9.17, 15) is 18.0 Å². The lowest BCUT2D eigenvalue weighted by Gasteiger charge is -2.13. The molecule has 0 atom stereocenters. The number of aromatic nitrogens is 4. The van der Waals surface area contributed by atoms with Crippen LogP contribution in [-0.2, 0) is 6.18 Å². The van der Waals surface area contributed by atoms with Gasteiger partial charge in [0, 0.05) is 23.1 Å². The molecule has 0 radical (unpaired) electrons. The van der Waals surface area contributed by atoms with E-state index in [0.717, 1.165) is 23.5 Å². The first-order valence-corrected chi connectivity index (χ1v) is 11.0. The van der Waals surface area contributed by atoms with Crippen molar-refractivity contribution in [2.45, 2.75) is 26.9 Å². The molecule has 4 aromatic rings. The van der Waals surface area contributed by atoms with Gasteiger partial charge >= 0.3 is 12.2 Å². The van der Waals surface area contributed by atoms with Gasteiger partial charge in [-0.25, -0.2) is 14.5 Å². The van der Waals surface area contributed by atoms with Crippen molar-refractivity contribution in [3.05, 3.63) is 82.4 Å². The second-order valence-electron chi connectivity index (χ2n) is 7.85. The Morgan fingerprint density at radius 1 is 0.944 bits per heavy atom. The van der Waals surface area contributed by atoms with Crippen molar-refractivity contribution in [1.29, 1.82) is 0 Å². The van der Waals surface area contributed by atoms with Gasteiger partial charge in [0.1, 0.15) is 11.6 Å². The first-order chi connectivity index (χ1) is 17.0. The first kappa shape index (κ1) is 25.0. The van der Waals surface area contributed by atoms with Crippen LogP contribution in [0.3, 0.4) is 0 Å². The summed E-state index contributed by atoms with van der Waals surface area (Å²) in [7, 11) is 0. The highest BCUT2D eigenvalue weighted by Gasteiger charge is 2.33. The van der Waals surface area contributed by atoms with E-state index in [1.165, 1.54) is 6.07 Å². The molecular formula is C24H20ClF3N6O2. The van der Waals surface area contributed by atoms with Gasteiger partial charge in [0.15, 0.2) is 5.82 Å². The summed E-state index contributed by atoms with van der Waals surface area (Å²) in [4.78, 5) is 21.0. The zero-order valence-electron chi connectivity index (χ0n) is 19.3. The van der Waals surface area contributed by atoms with Crippen molar-refractivity contribution in [1.82, 2.24) is 19.7 Å². The summed E-state index contributed by atoms with van der Waals surface area (Å²) in [6.45, 7) is 5.55. The summed E-state index contributed by atoms with van der Waals surface area (Å²) in [5.41, 5.74) is 1.08. The summed E-state index contributed by atoms with van der Waals surface area (Å²) in [6, 6.07) is 12.4. The van der Waals surface area contributed by atoms with Gasteiger partial charge in [0.25, 0.3) is 0 Å². The Morgan fingerprint density at radius 2 is 1.61 bits per heavy atom. The maximum Gasteiger partial charge on any atom is 0.417 e. The molecule has 4 rings (SSSR count). The van der Waals surface area contributed by atoms with Crippen molar-refractivity contribution in [2.24, 2.45) is 0 Å². The normalized spacial score (nSPS) is 11.3. The lowest BCUT2D eigenvalue weighted by Crippen LogP contribution is -2.19. The van der Waals surface area contributed by atoms with Gasteiger partial charge in [-0.2, -0.15) is 23.3 Å². The molecule has 0 aliphatic rings. The maximum absolute atomic E-state index is 13.0. The Labute approximate surface area is 209 Å². The molecule has 12 heteroatoms. The third kappa shape index (κ3) is 5.92. The van der Waals surface area contributed by atoms with Crippen molar-refractivity contribution >= 4 is 29.0 Å². The lowest BCUT2D eigenvalue weighted by atomic mass is 10.2. The van der Waals surface area contributed by atoms with Crippen LogP contribution in [0.1, 0.15) is 22.8 Å². The number of aryl methyl sites for hydroxylation is 3. The average Bonchev–Trinajstić information content (AvgIpc) is 3.13. The number of benzene rings is 2. The summed E-state index contributed by atoms with van der Waals surface area (Å²) in [5.74, 6) is 1.83. The number of nitrogens with zero attached hydrogens (tertiary/aromatic N) is 4. The standard InChI is InChI=1S/C24H20ClF3N6O2/c1-13-10-14(2)34(33-13)21-12-22(30-15(3)29-21)36-18-7-4-16(5-8-18)31-23(35)32-17-6-9-20(25)19(11-17)24(26,27)28/h4-12H,1-3H3,(H2,31,32,35). The number of urea groups is 1. The monoisotopic (exact) mass is 516 g/mol. The second-order valence-corrected chi connectivity index (χ2v) is 8.26. The Kier molecular flexibility index (Phi) is 6.84. The molecule has 36 heavy (non-hydrogen) atoms. The fourth-order valence-corrected chi connectivity index (χ4v) is 3.61. The van der Waals surface area contributed by atoms with Crippen LogP contribution in [0.15, 0.2) is 54.6 Å². The van der Waals surface area contributed by atoms with Crippen LogP contribution < -0.4 is 15.4 Å². The van der Waals surface area contributed by atoms with Crippen LogP contribution in [0.5, 0.6) is 11.6 Å². The number of carbonyl (C=O) groups excluding carboxylic acids is 1. The van der Waals surface area contributed by atoms with Gasteiger partial charge in [0.2, 0.25) is 5.88 Å². The van der Waals surface area contributed by atoms with Gasteiger partial charge in [-0.3, -0.25) is 0 Å². The van der Waals surface area contributed by atoms with E-state index in [1.807, 2.05) is 19.9 Å². The van der Waals surface area contributed by atoms with E-state index in [4.69, 9.17) is 16.3 Å². The zero-order chi connectivity index (χ0) is 26.0. The van der Waals surface area contributed by atoms with E-state index in [0.29, 0.717) is 29.0 Å². The van der Waals surface area contributed by atoms with E-state index >= 15 is 0 Å². The molecule has 0 saturated carbocycles. The van der Waals surface area contributed by atoms with Gasteiger partial charge in [-0.05, 0) is 69.3 Å². The number of anilines is 2. The van der Waals surface area contributed by atoms with Gasteiger partial charge in [0.05, 0.1) is 16.3 Å². The fourth-order valence-electron chi connectivity index (χ4n) is 3.39. The topological polar surface area (TPSA) is 94.0 Å². The molecule has 186 valence electrons. The molecule has 2 aromatic heterocycles. The van der Waals surface area contributed by atoms with Crippen LogP contribution in [0.25, 0.3) is 5.82 Å². The maximum atomic E-state index is 13.0. The molecule has 0 saturated heterocycles. The molecular weight excluding hydrogens is 497 g/mol. The highest BCUT2D eigenvalue weighted by atomic mass is 35.5. The summed E-state index contributed by atoms with van der Waals surface area (Å²) < 4.78 is 46.6. The molecule has 2 N–H and O–H groups in total. The number of rotatable bonds is 5. The van der Waals surface area contributed by atoms with Gasteiger partial charge in [-0.1, -0.05) is 11.6 Å². The van der Waals surface area contributed by atoms with E-state index < -0.39 is 22.8 Å². The largest absolute Gasteiger partial charge is 0.439 e. The van der Waals surface area contributed by atoms with Crippen molar-refractivity contribution < 1.29 is 22.7 Å². The highest BCUT2D eigenvalue weighted by molar-refractivity contribution is 6.31. The number of halogens is 4. The van der Waals surface area contributed by atoms with Crippen LogP contribution in [0, 0.1) is 20.8 Å². The smallest absolute Gasteiger partial charge is 0.417 e. The van der Waals surface area contributed by atoms with E-state index in [1.54, 1.807) is 41.9 Å². The number of carbonyl (C=O) groups is 1. The minimum atomic E-state index is -4.64. The molecule has 0 aliphatic heterocycles. The SMILES string of the molecule is Cc1cc(C)n(-c2cc(Oc3ccc(NC(=O)Nc4ccc(Cl)c(C(F)(F)F)c4)cc3)nc(C)n2)n1. The van der Waals surface area contributed by atoms with Crippen LogP contribution in [0.2, 0.25) is 5.02 Å². The molecule has 2 heterocycles. The van der Waals surface area contributed by atoms with Crippen LogP contribution >= 0.6 is 11.6 Å². The molecule has 2 amide bonds. The number of amides is 2. The lowest BCUT2D eigenvalue weighted by molar-refractivity contribution is -0.137. The second kappa shape index (κ2) is 9.86. The molecule has 8 nitrogen and oxygen atoms in total. The molecule has 0 spiro atoms. The molecule has 0 fully saturated rings. The molecule has 0 aliphatic carbocycles. The molecule has 2 aromatic carbocycles. The third-order valence-corrected chi connectivity index (χ3v) is 5.22. The quantitative estimate of drug-likeness (QED) is 0.308. The van der Waals surface area contributed by atoms with E-state index in [-0.39, 0.29) is 5.69 Å². The average molecular weight is 517 g/mol. The Morgan fingerprint density at radius 3 is 2.25 bits per heavy atom. The number of ether oxygens (including phenoxy) is 1. The Hall–Kier alpha value is -4.12. The first-order valence-electron chi connectivity index (χ1n) is 10.6. The molecule has 0 unspecified atom stereocenters. The minimum absolute atomic E-state index is 0.0540. The Balaban J connectivity index is 1.42. The van der Waals surface area contributed by atoms with Crippen molar-refractivity contribution in [2.75, 3.05) is 10.6 Å². The zero-order valence-corrected chi connectivity index (χ0v) is 20.1. The van der Waals surface area contributed by atoms with Crippen LogP contribution in [0.4, 0.5) is 29.3 Å². The summed E-state index contributed by atoms with van der Waals surface area (Å²) >= 11 is 5.60. The summed E-state index contributed by atoms with van der Waals surface area (Å²) in [6.07, 6.45) is -4.64. The van der Waals surface area contributed by atoms with Gasteiger partial charge in [-0.15, -0.1) is 0 Å². The van der Waals surface area contributed by atoms with Crippen molar-refractivity contribution in [3.63, 3.8) is 0 Å². The third-order valence-electron chi connectivity index (χ3n) is 4.89. The predicted molar refractivity (Wildman–Crippen MR) is 129 cm³/mol. The summed E-state index contributed by atoms with van der Waals surface area (Å²) in [5, 5.41) is 8.87. The van der Waals surface area contributed by atoms with E-state index in [2.05, 4.69) is 25.7 Å². The molecule has 0 bridgehead atoms. The minimum Gasteiger partial charge on any atom is -0.439 e. The number of hydrogen-bond acceptors (Lipinski definition) is 5.